The molecule has 11 nitrogen and oxygen atoms in total. The largest absolute Gasteiger partial charge is 0.497 e. The number of anilines is 3. The highest BCUT2D eigenvalue weighted by Crippen LogP contribution is 2.33. The number of hydrogen-bond donors (Lipinski definition) is 2. The van der Waals surface area contributed by atoms with Crippen LogP contribution in [0.1, 0.15) is 5.56 Å². The van der Waals surface area contributed by atoms with Crippen LogP contribution in [0.2, 0.25) is 0 Å². The van der Waals surface area contributed by atoms with Gasteiger partial charge >= 0.3 is 5.69 Å². The van der Waals surface area contributed by atoms with Gasteiger partial charge in [0.2, 0.25) is 5.95 Å². The van der Waals surface area contributed by atoms with E-state index in [0.29, 0.717) is 46.9 Å². The monoisotopic (exact) mass is 463 g/mol. The summed E-state index contributed by atoms with van der Waals surface area (Å²) in [4.78, 5) is 22.0. The summed E-state index contributed by atoms with van der Waals surface area (Å²) in [5.74, 6) is 1.36. The van der Waals surface area contributed by atoms with Crippen LogP contribution < -0.4 is 20.1 Å². The summed E-state index contributed by atoms with van der Waals surface area (Å²) in [5.41, 5.74) is 2.00. The topological polar surface area (TPSA) is 140 Å². The zero-order chi connectivity index (χ0) is 23.8. The maximum absolute atomic E-state index is 11.1. The minimum Gasteiger partial charge on any atom is -0.497 e. The van der Waals surface area contributed by atoms with Crippen molar-refractivity contribution in [1.82, 2.24) is 9.97 Å². The van der Waals surface area contributed by atoms with Gasteiger partial charge < -0.3 is 20.1 Å². The van der Waals surface area contributed by atoms with Crippen LogP contribution in [0.3, 0.4) is 0 Å². The molecule has 3 aromatic rings. The van der Waals surface area contributed by atoms with Crippen molar-refractivity contribution in [3.05, 3.63) is 69.7 Å². The number of ether oxygens (including phenoxy) is 2. The van der Waals surface area contributed by atoms with E-state index >= 15 is 0 Å². The Bertz CT molecular complexity index is 1270. The number of nitrogens with one attached hydrogen (secondary N) is 2. The fourth-order valence-corrected chi connectivity index (χ4v) is 3.28. The molecule has 0 atom stereocenters. The summed E-state index contributed by atoms with van der Waals surface area (Å²) in [7, 11) is 3.14. The van der Waals surface area contributed by atoms with E-state index in [0.717, 1.165) is 11.8 Å². The van der Waals surface area contributed by atoms with Gasteiger partial charge in [0.05, 0.1) is 37.1 Å². The van der Waals surface area contributed by atoms with Crippen LogP contribution in [0.15, 0.2) is 47.6 Å². The smallest absolute Gasteiger partial charge is 0.320 e. The molecule has 0 aliphatic rings. The fourth-order valence-electron chi connectivity index (χ4n) is 2.83. The molecule has 0 saturated carbocycles. The molecule has 0 amide bonds. The first-order chi connectivity index (χ1) is 16.0. The quantitative estimate of drug-likeness (QED) is 0.113. The van der Waals surface area contributed by atoms with Crippen LogP contribution in [-0.2, 0) is 6.54 Å². The predicted octanol–water partition coefficient (Wildman–Crippen LogP) is 4.88. The summed E-state index contributed by atoms with van der Waals surface area (Å²) in [6.07, 6.45) is 1.03. The molecule has 0 fully saturated rings. The summed E-state index contributed by atoms with van der Waals surface area (Å²) < 4.78 is 10.6. The van der Waals surface area contributed by atoms with E-state index in [-0.39, 0.29) is 16.7 Å². The van der Waals surface area contributed by atoms with Gasteiger partial charge in [0.15, 0.2) is 10.7 Å². The molecular formula is C21H17N7O4S. The van der Waals surface area contributed by atoms with Crippen molar-refractivity contribution in [3.8, 4) is 16.9 Å². The van der Waals surface area contributed by atoms with Gasteiger partial charge in [0.25, 0.3) is 0 Å². The number of nitriles is 1. The van der Waals surface area contributed by atoms with E-state index < -0.39 is 4.92 Å². The van der Waals surface area contributed by atoms with Crippen molar-refractivity contribution in [1.29, 1.82) is 5.26 Å². The van der Waals surface area contributed by atoms with Gasteiger partial charge in [0, 0.05) is 29.9 Å². The molecular weight excluding hydrogens is 446 g/mol. The Morgan fingerprint density at radius 3 is 2.73 bits per heavy atom. The zero-order valence-corrected chi connectivity index (χ0v) is 18.3. The van der Waals surface area contributed by atoms with Crippen molar-refractivity contribution in [3.63, 3.8) is 0 Å². The summed E-state index contributed by atoms with van der Waals surface area (Å²) in [6.45, 7) is 7.68. The Kier molecular flexibility index (Phi) is 7.47. The maximum Gasteiger partial charge on any atom is 0.320 e. The third-order valence-electron chi connectivity index (χ3n) is 4.42. The van der Waals surface area contributed by atoms with Gasteiger partial charge in [0.1, 0.15) is 23.1 Å². The highest BCUT2D eigenvalue weighted by molar-refractivity contribution is 8.03. The molecule has 3 rings (SSSR count). The van der Waals surface area contributed by atoms with Crippen molar-refractivity contribution in [2.24, 2.45) is 0 Å². The van der Waals surface area contributed by atoms with Gasteiger partial charge in [-0.05, 0) is 24.3 Å². The normalized spacial score (nSPS) is 9.94. The van der Waals surface area contributed by atoms with Crippen molar-refractivity contribution in [2.75, 3.05) is 24.9 Å². The van der Waals surface area contributed by atoms with Crippen LogP contribution in [0, 0.1) is 27.3 Å². The molecule has 0 spiro atoms. The molecule has 0 unspecified atom stereocenters. The van der Waals surface area contributed by atoms with Gasteiger partial charge in [-0.3, -0.25) is 10.1 Å². The molecule has 2 N–H and O–H groups in total. The van der Waals surface area contributed by atoms with Crippen molar-refractivity contribution < 1.29 is 14.4 Å². The van der Waals surface area contributed by atoms with Gasteiger partial charge in [-0.2, -0.15) is 10.2 Å². The molecule has 0 bridgehead atoms. The lowest BCUT2D eigenvalue weighted by molar-refractivity contribution is -0.388. The molecule has 0 aliphatic heterocycles. The number of nitro groups is 1. The summed E-state index contributed by atoms with van der Waals surface area (Å²) >= 11 is 0.566. The van der Waals surface area contributed by atoms with Gasteiger partial charge in [-0.25, -0.2) is 9.83 Å². The predicted molar refractivity (Wildman–Crippen MR) is 123 cm³/mol. The molecule has 1 heterocycles. The molecule has 2 aromatic carbocycles. The SMILES string of the molecule is [C-]#[N+]c1ccc(NCc2ccc(OC)cc2OC)c(Nc2ncc([N+](=O)[O-])c(SC#N)n2)c1. The molecule has 1 aromatic heterocycles. The van der Waals surface area contributed by atoms with E-state index in [4.69, 9.17) is 21.3 Å². The number of thiocyanates is 1. The second-order valence-corrected chi connectivity index (χ2v) is 7.11. The Morgan fingerprint density at radius 2 is 2.06 bits per heavy atom. The molecule has 12 heteroatoms. The number of nitrogens with zero attached hydrogens (tertiary/aromatic N) is 5. The highest BCUT2D eigenvalue weighted by atomic mass is 32.2. The highest BCUT2D eigenvalue weighted by Gasteiger charge is 2.18. The average Bonchev–Trinajstić information content (AvgIpc) is 2.83. The Balaban J connectivity index is 1.89. The number of hydrogen-bond acceptors (Lipinski definition) is 10. The summed E-state index contributed by atoms with van der Waals surface area (Å²) in [6, 6.07) is 10.4. The minimum atomic E-state index is -0.654. The number of thioether (sulfide) groups is 1. The fraction of sp³-hybridized carbons (Fsp3) is 0.143. The first kappa shape index (κ1) is 23.1. The molecule has 33 heavy (non-hydrogen) atoms. The number of rotatable bonds is 9. The molecule has 0 aliphatic carbocycles. The lowest BCUT2D eigenvalue weighted by atomic mass is 10.1. The third-order valence-corrected chi connectivity index (χ3v) is 5.00. The van der Waals surface area contributed by atoms with E-state index in [1.165, 1.54) is 0 Å². The van der Waals surface area contributed by atoms with E-state index in [2.05, 4.69) is 25.4 Å². The Morgan fingerprint density at radius 1 is 1.24 bits per heavy atom. The molecule has 0 saturated heterocycles. The lowest BCUT2D eigenvalue weighted by Crippen LogP contribution is -2.06. The zero-order valence-electron chi connectivity index (χ0n) is 17.5. The van der Waals surface area contributed by atoms with Crippen LogP contribution in [-0.4, -0.2) is 29.1 Å². The van der Waals surface area contributed by atoms with E-state index in [1.807, 2.05) is 12.1 Å². The van der Waals surface area contributed by atoms with Crippen LogP contribution in [0.5, 0.6) is 11.5 Å². The minimum absolute atomic E-state index is 0.0468. The standard InChI is InChI=1S/C21H17N7O4S/c1-23-14-5-7-16(24-10-13-4-6-15(31-2)9-19(13)32-3)17(8-14)26-21-25-11-18(28(29)30)20(27-21)33-12-22/h4-9,11,24H,10H2,2-3H3,(H,25,26,27). The van der Waals surface area contributed by atoms with Crippen LogP contribution in [0.25, 0.3) is 4.85 Å². The summed E-state index contributed by atoms with van der Waals surface area (Å²) in [5, 5.41) is 28.0. The van der Waals surface area contributed by atoms with Gasteiger partial charge in [-0.15, -0.1) is 0 Å². The second kappa shape index (κ2) is 10.7. The number of aromatic nitrogens is 2. The third kappa shape index (κ3) is 5.58. The van der Waals surface area contributed by atoms with Crippen molar-refractivity contribution >= 4 is 40.5 Å². The van der Waals surface area contributed by atoms with E-state index in [1.54, 1.807) is 43.9 Å². The molecule has 166 valence electrons. The molecule has 0 radical (unpaired) electrons. The van der Waals surface area contributed by atoms with Gasteiger partial charge in [-0.1, -0.05) is 6.07 Å². The average molecular weight is 463 g/mol. The van der Waals surface area contributed by atoms with Crippen LogP contribution in [0.4, 0.5) is 28.7 Å². The maximum atomic E-state index is 11.1. The van der Waals surface area contributed by atoms with Crippen LogP contribution >= 0.6 is 11.8 Å². The first-order valence-corrected chi connectivity index (χ1v) is 10.1. The lowest BCUT2D eigenvalue weighted by Gasteiger charge is -2.16. The Labute approximate surface area is 193 Å². The number of benzene rings is 2. The number of methoxy groups -OCH3 is 2. The second-order valence-electron chi connectivity index (χ2n) is 6.33. The first-order valence-electron chi connectivity index (χ1n) is 9.29. The Hall–Kier alpha value is -4.55. The van der Waals surface area contributed by atoms with E-state index in [9.17, 15) is 10.1 Å². The van der Waals surface area contributed by atoms with Crippen molar-refractivity contribution in [2.45, 2.75) is 11.6 Å².